The zero-order chi connectivity index (χ0) is 18.4. The molecule has 0 aromatic heterocycles. The Balaban J connectivity index is 1.37. The molecule has 0 radical (unpaired) electrons. The fourth-order valence-corrected chi connectivity index (χ4v) is 5.67. The van der Waals surface area contributed by atoms with Gasteiger partial charge in [-0.2, -0.15) is 0 Å². The van der Waals surface area contributed by atoms with Gasteiger partial charge in [0.2, 0.25) is 0 Å². The molecule has 1 spiro atoms. The van der Waals surface area contributed by atoms with Crippen LogP contribution in [0.3, 0.4) is 0 Å². The van der Waals surface area contributed by atoms with E-state index in [1.165, 1.54) is 31.7 Å². The van der Waals surface area contributed by atoms with Crippen molar-refractivity contribution in [3.63, 3.8) is 0 Å². The lowest BCUT2D eigenvalue weighted by molar-refractivity contribution is -0.165. The quantitative estimate of drug-likeness (QED) is 0.794. The van der Waals surface area contributed by atoms with Crippen molar-refractivity contribution < 1.29 is 13.9 Å². The van der Waals surface area contributed by atoms with Crippen molar-refractivity contribution in [2.24, 2.45) is 0 Å². The van der Waals surface area contributed by atoms with Crippen LogP contribution in [0.4, 0.5) is 4.39 Å². The molecule has 0 bridgehead atoms. The molecule has 1 aliphatic carbocycles. The molecular weight excluding hydrogens is 345 g/mol. The summed E-state index contributed by atoms with van der Waals surface area (Å²) >= 11 is 0. The Bertz CT molecular complexity index is 715. The van der Waals surface area contributed by atoms with E-state index in [1.807, 2.05) is 4.90 Å². The van der Waals surface area contributed by atoms with Gasteiger partial charge in [0.15, 0.2) is 0 Å². The van der Waals surface area contributed by atoms with Gasteiger partial charge in [-0.25, -0.2) is 4.39 Å². The minimum Gasteiger partial charge on any atom is -0.378 e. The number of rotatable bonds is 2. The highest BCUT2D eigenvalue weighted by Gasteiger charge is 2.56. The predicted molar refractivity (Wildman–Crippen MR) is 100 cm³/mol. The second kappa shape index (κ2) is 6.83. The lowest BCUT2D eigenvalue weighted by Crippen LogP contribution is -2.81. The molecule has 1 aromatic rings. The molecule has 1 amide bonds. The fourth-order valence-electron chi connectivity index (χ4n) is 5.67. The van der Waals surface area contributed by atoms with Crippen LogP contribution in [0.15, 0.2) is 24.3 Å². The van der Waals surface area contributed by atoms with Gasteiger partial charge in [-0.15, -0.1) is 0 Å². The van der Waals surface area contributed by atoms with Gasteiger partial charge in [0.1, 0.15) is 5.82 Å². The molecule has 1 unspecified atom stereocenters. The predicted octanol–water partition coefficient (Wildman–Crippen LogP) is 1.98. The number of halogens is 1. The van der Waals surface area contributed by atoms with Gasteiger partial charge in [0, 0.05) is 38.8 Å². The zero-order valence-corrected chi connectivity index (χ0v) is 15.8. The molecule has 1 saturated carbocycles. The maximum absolute atomic E-state index is 14.2. The third kappa shape index (κ3) is 2.98. The summed E-state index contributed by atoms with van der Waals surface area (Å²) in [6, 6.07) is 7.26. The first-order valence-corrected chi connectivity index (χ1v) is 10.3. The first kappa shape index (κ1) is 17.6. The van der Waals surface area contributed by atoms with Crippen molar-refractivity contribution in [3.05, 3.63) is 35.6 Å². The first-order valence-electron chi connectivity index (χ1n) is 10.3. The third-order valence-corrected chi connectivity index (χ3v) is 6.98. The summed E-state index contributed by atoms with van der Waals surface area (Å²) in [5.74, 6) is -0.614. The van der Waals surface area contributed by atoms with Crippen molar-refractivity contribution in [1.29, 1.82) is 0 Å². The molecule has 3 heterocycles. The Morgan fingerprint density at radius 3 is 2.67 bits per heavy atom. The summed E-state index contributed by atoms with van der Waals surface area (Å²) in [6.07, 6.45) is 5.29. The van der Waals surface area contributed by atoms with Crippen LogP contribution >= 0.6 is 0 Å². The molecule has 0 N–H and O–H groups in total. The number of nitrogens with zero attached hydrogens (tertiary/aromatic N) is 3. The molecule has 3 saturated heterocycles. The smallest absolute Gasteiger partial charge is 0.256 e. The van der Waals surface area contributed by atoms with E-state index in [1.54, 1.807) is 18.2 Å². The van der Waals surface area contributed by atoms with Gasteiger partial charge in [0.25, 0.3) is 5.91 Å². The number of ether oxygens (including phenoxy) is 1. The van der Waals surface area contributed by atoms with Gasteiger partial charge in [-0.3, -0.25) is 14.6 Å². The molecule has 5 nitrogen and oxygen atoms in total. The van der Waals surface area contributed by atoms with Gasteiger partial charge >= 0.3 is 0 Å². The van der Waals surface area contributed by atoms with Crippen LogP contribution < -0.4 is 0 Å². The van der Waals surface area contributed by atoms with E-state index in [9.17, 15) is 9.18 Å². The van der Waals surface area contributed by atoms with E-state index in [0.29, 0.717) is 25.7 Å². The van der Waals surface area contributed by atoms with E-state index in [2.05, 4.69) is 9.80 Å². The lowest BCUT2D eigenvalue weighted by atomic mass is 9.81. The van der Waals surface area contributed by atoms with E-state index in [4.69, 9.17) is 4.74 Å². The highest BCUT2D eigenvalue weighted by atomic mass is 19.1. The average molecular weight is 373 g/mol. The SMILES string of the molecule is O=C(c1ccccc1F)N1CC2COCCN2C2(C1)CN(C1CCCC1)C2. The number of piperazine rings is 1. The Hall–Kier alpha value is -1.50. The van der Waals surface area contributed by atoms with Crippen LogP contribution in [0.2, 0.25) is 0 Å². The number of carbonyl (C=O) groups is 1. The van der Waals surface area contributed by atoms with Gasteiger partial charge in [-0.05, 0) is 25.0 Å². The number of likely N-dealkylation sites (tertiary alicyclic amines) is 1. The second-order valence-electron chi connectivity index (χ2n) is 8.66. The van der Waals surface area contributed by atoms with Crippen LogP contribution in [-0.2, 0) is 4.74 Å². The van der Waals surface area contributed by atoms with Crippen molar-refractivity contribution in [3.8, 4) is 0 Å². The highest BCUT2D eigenvalue weighted by Crippen LogP contribution is 2.39. The Morgan fingerprint density at radius 2 is 1.89 bits per heavy atom. The van der Waals surface area contributed by atoms with Crippen LogP contribution in [0.1, 0.15) is 36.0 Å². The first-order chi connectivity index (χ1) is 13.2. The molecule has 6 heteroatoms. The van der Waals surface area contributed by atoms with E-state index >= 15 is 0 Å². The highest BCUT2D eigenvalue weighted by molar-refractivity contribution is 5.94. The largest absolute Gasteiger partial charge is 0.378 e. The van der Waals surface area contributed by atoms with E-state index in [0.717, 1.165) is 26.2 Å². The Morgan fingerprint density at radius 1 is 1.11 bits per heavy atom. The monoisotopic (exact) mass is 373 g/mol. The maximum atomic E-state index is 14.2. The number of carbonyl (C=O) groups excluding carboxylic acids is 1. The Labute approximate surface area is 160 Å². The molecule has 3 aliphatic heterocycles. The molecule has 27 heavy (non-hydrogen) atoms. The summed E-state index contributed by atoms with van der Waals surface area (Å²) in [6.45, 7) is 5.72. The molecule has 4 fully saturated rings. The number of fused-ring (bicyclic) bond motifs is 2. The third-order valence-electron chi connectivity index (χ3n) is 6.98. The minimum absolute atomic E-state index is 0.0101. The number of amides is 1. The molecule has 4 aliphatic rings. The van der Waals surface area contributed by atoms with Crippen LogP contribution in [0.5, 0.6) is 0 Å². The summed E-state index contributed by atoms with van der Waals surface area (Å²) < 4.78 is 19.9. The standard InChI is InChI=1S/C21H28FN3O2/c22-19-8-4-3-7-18(19)20(26)23-11-17-12-27-10-9-25(17)21(13-23)14-24(15-21)16-5-1-2-6-16/h3-4,7-8,16-17H,1-2,5-6,9-15H2. The number of benzene rings is 1. The van der Waals surface area contributed by atoms with Gasteiger partial charge in [-0.1, -0.05) is 25.0 Å². The molecule has 1 atom stereocenters. The maximum Gasteiger partial charge on any atom is 0.256 e. The molecule has 5 rings (SSSR count). The van der Waals surface area contributed by atoms with Crippen LogP contribution in [-0.4, -0.2) is 84.2 Å². The zero-order valence-electron chi connectivity index (χ0n) is 15.8. The normalized spacial score (nSPS) is 28.9. The summed E-state index contributed by atoms with van der Waals surface area (Å²) in [5, 5.41) is 0. The van der Waals surface area contributed by atoms with Crippen molar-refractivity contribution in [2.45, 2.75) is 43.3 Å². The fraction of sp³-hybridized carbons (Fsp3) is 0.667. The summed E-state index contributed by atoms with van der Waals surface area (Å²) in [5.41, 5.74) is 0.195. The van der Waals surface area contributed by atoms with Crippen molar-refractivity contribution in [1.82, 2.24) is 14.7 Å². The topological polar surface area (TPSA) is 36.0 Å². The van der Waals surface area contributed by atoms with Crippen LogP contribution in [0, 0.1) is 5.82 Å². The van der Waals surface area contributed by atoms with E-state index < -0.39 is 5.82 Å². The summed E-state index contributed by atoms with van der Waals surface area (Å²) in [4.78, 5) is 20.1. The average Bonchev–Trinajstić information content (AvgIpc) is 3.19. The number of hydrogen-bond donors (Lipinski definition) is 0. The van der Waals surface area contributed by atoms with Crippen molar-refractivity contribution in [2.75, 3.05) is 45.9 Å². The molecule has 1 aromatic carbocycles. The second-order valence-corrected chi connectivity index (χ2v) is 8.66. The Kier molecular flexibility index (Phi) is 4.45. The lowest BCUT2D eigenvalue weighted by Gasteiger charge is -2.64. The minimum atomic E-state index is -0.430. The van der Waals surface area contributed by atoms with E-state index in [-0.39, 0.29) is 23.1 Å². The number of morpholine rings is 1. The summed E-state index contributed by atoms with van der Waals surface area (Å²) in [7, 11) is 0. The number of hydrogen-bond acceptors (Lipinski definition) is 4. The van der Waals surface area contributed by atoms with Crippen molar-refractivity contribution >= 4 is 5.91 Å². The van der Waals surface area contributed by atoms with Crippen LogP contribution in [0.25, 0.3) is 0 Å². The molecular formula is C21H28FN3O2. The van der Waals surface area contributed by atoms with Gasteiger partial charge in [0.05, 0.1) is 30.4 Å². The molecule has 146 valence electrons. The van der Waals surface area contributed by atoms with Gasteiger partial charge < -0.3 is 9.64 Å².